The van der Waals surface area contributed by atoms with Crippen LogP contribution in [-0.4, -0.2) is 22.8 Å². The van der Waals surface area contributed by atoms with Gasteiger partial charge in [0.05, 0.1) is 17.1 Å². The summed E-state index contributed by atoms with van der Waals surface area (Å²) in [5.74, 6) is 0.0843. The fraction of sp³-hybridized carbons (Fsp3) is 0.286. The maximum absolute atomic E-state index is 12.1. The van der Waals surface area contributed by atoms with Crippen LogP contribution in [-0.2, 0) is 17.8 Å². The van der Waals surface area contributed by atoms with Crippen LogP contribution in [0.5, 0.6) is 0 Å². The standard InChI is InChI=1S/C14H15BrN2OS/c1-10-16-12(9-19-10)7-14(18)17(2)8-11-5-3-4-6-13(11)15/h3-6,9H,7-8H2,1-2H3. The topological polar surface area (TPSA) is 33.2 Å². The number of hydrogen-bond acceptors (Lipinski definition) is 3. The molecule has 100 valence electrons. The monoisotopic (exact) mass is 338 g/mol. The first-order valence-corrected chi connectivity index (χ1v) is 7.62. The van der Waals surface area contributed by atoms with Gasteiger partial charge in [-0.15, -0.1) is 11.3 Å². The highest BCUT2D eigenvalue weighted by Crippen LogP contribution is 2.18. The summed E-state index contributed by atoms with van der Waals surface area (Å²) in [6.45, 7) is 2.55. The van der Waals surface area contributed by atoms with E-state index in [0.29, 0.717) is 13.0 Å². The molecular weight excluding hydrogens is 324 g/mol. The quantitative estimate of drug-likeness (QED) is 0.855. The molecule has 0 spiro atoms. The molecule has 19 heavy (non-hydrogen) atoms. The highest BCUT2D eigenvalue weighted by molar-refractivity contribution is 9.10. The summed E-state index contributed by atoms with van der Waals surface area (Å²) in [6, 6.07) is 7.94. The molecule has 1 amide bonds. The third-order valence-electron chi connectivity index (χ3n) is 2.79. The van der Waals surface area contributed by atoms with Gasteiger partial charge in [-0.2, -0.15) is 0 Å². The van der Waals surface area contributed by atoms with Gasteiger partial charge < -0.3 is 4.90 Å². The minimum Gasteiger partial charge on any atom is -0.341 e. The lowest BCUT2D eigenvalue weighted by Crippen LogP contribution is -2.27. The number of halogens is 1. The summed E-state index contributed by atoms with van der Waals surface area (Å²) in [6.07, 6.45) is 0.366. The number of aromatic nitrogens is 1. The summed E-state index contributed by atoms with van der Waals surface area (Å²) < 4.78 is 1.03. The van der Waals surface area contributed by atoms with Gasteiger partial charge >= 0.3 is 0 Å². The van der Waals surface area contributed by atoms with Crippen molar-refractivity contribution in [3.05, 3.63) is 50.4 Å². The van der Waals surface area contributed by atoms with Gasteiger partial charge in [0.2, 0.25) is 5.91 Å². The molecule has 1 heterocycles. The second-order valence-corrected chi connectivity index (χ2v) is 6.29. The summed E-state index contributed by atoms with van der Waals surface area (Å²) in [5, 5.41) is 2.94. The minimum absolute atomic E-state index is 0.0843. The van der Waals surface area contributed by atoms with Crippen LogP contribution >= 0.6 is 27.3 Å². The first-order chi connectivity index (χ1) is 9.06. The maximum atomic E-state index is 12.1. The van der Waals surface area contributed by atoms with E-state index in [9.17, 15) is 4.79 Å². The van der Waals surface area contributed by atoms with Crippen LogP contribution in [0.25, 0.3) is 0 Å². The van der Waals surface area contributed by atoms with Crippen LogP contribution in [0.2, 0.25) is 0 Å². The predicted octanol–water partition coefficient (Wildman–Crippen LogP) is 3.42. The summed E-state index contributed by atoms with van der Waals surface area (Å²) in [4.78, 5) is 18.2. The molecule has 0 N–H and O–H groups in total. The van der Waals surface area contributed by atoms with Crippen LogP contribution < -0.4 is 0 Å². The number of benzene rings is 1. The Morgan fingerprint density at radius 3 is 2.79 bits per heavy atom. The van der Waals surface area contributed by atoms with E-state index in [4.69, 9.17) is 0 Å². The van der Waals surface area contributed by atoms with E-state index in [1.807, 2.05) is 43.6 Å². The number of carbonyl (C=O) groups is 1. The Labute approximate surface area is 125 Å². The second kappa shape index (κ2) is 6.30. The van der Waals surface area contributed by atoms with Crippen LogP contribution in [0.1, 0.15) is 16.3 Å². The molecule has 0 unspecified atom stereocenters. The van der Waals surface area contributed by atoms with Gasteiger partial charge in [0, 0.05) is 23.4 Å². The first kappa shape index (κ1) is 14.2. The molecular formula is C14H15BrN2OS. The Balaban J connectivity index is 1.98. The van der Waals surface area contributed by atoms with Crippen molar-refractivity contribution in [3.63, 3.8) is 0 Å². The molecule has 5 heteroatoms. The van der Waals surface area contributed by atoms with Gasteiger partial charge in [-0.25, -0.2) is 4.98 Å². The number of likely N-dealkylation sites (N-methyl/N-ethyl adjacent to an activating group) is 1. The zero-order valence-electron chi connectivity index (χ0n) is 10.9. The zero-order chi connectivity index (χ0) is 13.8. The van der Waals surface area contributed by atoms with E-state index in [2.05, 4.69) is 20.9 Å². The molecule has 0 radical (unpaired) electrons. The molecule has 0 aliphatic carbocycles. The van der Waals surface area contributed by atoms with E-state index in [1.165, 1.54) is 0 Å². The van der Waals surface area contributed by atoms with Crippen molar-refractivity contribution in [1.29, 1.82) is 0 Å². The lowest BCUT2D eigenvalue weighted by atomic mass is 10.2. The van der Waals surface area contributed by atoms with Gasteiger partial charge in [-0.05, 0) is 18.6 Å². The van der Waals surface area contributed by atoms with Crippen LogP contribution in [0, 0.1) is 6.92 Å². The van der Waals surface area contributed by atoms with Crippen molar-refractivity contribution >= 4 is 33.2 Å². The van der Waals surface area contributed by atoms with Gasteiger partial charge in [0.25, 0.3) is 0 Å². The number of nitrogens with zero attached hydrogens (tertiary/aromatic N) is 2. The smallest absolute Gasteiger partial charge is 0.228 e. The van der Waals surface area contributed by atoms with Crippen molar-refractivity contribution in [2.24, 2.45) is 0 Å². The van der Waals surface area contributed by atoms with Crippen molar-refractivity contribution < 1.29 is 4.79 Å². The van der Waals surface area contributed by atoms with E-state index in [-0.39, 0.29) is 5.91 Å². The van der Waals surface area contributed by atoms with Crippen LogP contribution in [0.3, 0.4) is 0 Å². The molecule has 1 aromatic carbocycles. The fourth-order valence-electron chi connectivity index (χ4n) is 1.75. The van der Waals surface area contributed by atoms with Gasteiger partial charge in [0.1, 0.15) is 0 Å². The average Bonchev–Trinajstić information content (AvgIpc) is 2.77. The lowest BCUT2D eigenvalue weighted by Gasteiger charge is -2.17. The number of hydrogen-bond donors (Lipinski definition) is 0. The van der Waals surface area contributed by atoms with Gasteiger partial charge in [-0.3, -0.25) is 4.79 Å². The molecule has 0 saturated carbocycles. The summed E-state index contributed by atoms with van der Waals surface area (Å²) in [5.41, 5.74) is 1.96. The number of aryl methyl sites for hydroxylation is 1. The predicted molar refractivity (Wildman–Crippen MR) is 81.2 cm³/mol. The molecule has 2 aromatic rings. The Morgan fingerprint density at radius 2 is 2.16 bits per heavy atom. The highest BCUT2D eigenvalue weighted by atomic mass is 79.9. The number of thiazole rings is 1. The SMILES string of the molecule is Cc1nc(CC(=O)N(C)Cc2ccccc2Br)cs1. The number of carbonyl (C=O) groups excluding carboxylic acids is 1. The largest absolute Gasteiger partial charge is 0.341 e. The van der Waals surface area contributed by atoms with Crippen molar-refractivity contribution in [2.75, 3.05) is 7.05 Å². The molecule has 2 rings (SSSR count). The Bertz CT molecular complexity index is 582. The van der Waals surface area contributed by atoms with Crippen LogP contribution in [0.15, 0.2) is 34.1 Å². The minimum atomic E-state index is 0.0843. The molecule has 0 aliphatic rings. The van der Waals surface area contributed by atoms with Crippen molar-refractivity contribution in [3.8, 4) is 0 Å². The second-order valence-electron chi connectivity index (χ2n) is 4.38. The van der Waals surface area contributed by atoms with E-state index < -0.39 is 0 Å². The lowest BCUT2D eigenvalue weighted by molar-refractivity contribution is -0.129. The Kier molecular flexibility index (Phi) is 4.71. The zero-order valence-corrected chi connectivity index (χ0v) is 13.3. The molecule has 3 nitrogen and oxygen atoms in total. The molecule has 0 atom stereocenters. The van der Waals surface area contributed by atoms with E-state index in [1.54, 1.807) is 16.2 Å². The molecule has 0 aliphatic heterocycles. The van der Waals surface area contributed by atoms with Gasteiger partial charge in [-0.1, -0.05) is 34.1 Å². The van der Waals surface area contributed by atoms with E-state index in [0.717, 1.165) is 20.7 Å². The number of amides is 1. The van der Waals surface area contributed by atoms with E-state index >= 15 is 0 Å². The molecule has 0 fully saturated rings. The van der Waals surface area contributed by atoms with Crippen molar-refractivity contribution in [1.82, 2.24) is 9.88 Å². The maximum Gasteiger partial charge on any atom is 0.228 e. The van der Waals surface area contributed by atoms with Gasteiger partial charge in [0.15, 0.2) is 0 Å². The number of rotatable bonds is 4. The Morgan fingerprint density at radius 1 is 1.42 bits per heavy atom. The Hall–Kier alpha value is -1.20. The third-order valence-corrected chi connectivity index (χ3v) is 4.39. The molecule has 0 bridgehead atoms. The summed E-state index contributed by atoms with van der Waals surface area (Å²) in [7, 11) is 1.82. The highest BCUT2D eigenvalue weighted by Gasteiger charge is 2.12. The van der Waals surface area contributed by atoms with Crippen molar-refractivity contribution in [2.45, 2.75) is 19.9 Å². The average molecular weight is 339 g/mol. The van der Waals surface area contributed by atoms with Crippen LogP contribution in [0.4, 0.5) is 0 Å². The first-order valence-electron chi connectivity index (χ1n) is 5.94. The fourth-order valence-corrected chi connectivity index (χ4v) is 2.77. The summed E-state index contributed by atoms with van der Waals surface area (Å²) >= 11 is 5.07. The molecule has 0 saturated heterocycles. The normalized spacial score (nSPS) is 10.5. The molecule has 1 aromatic heterocycles. The third kappa shape index (κ3) is 3.88.